The van der Waals surface area contributed by atoms with Gasteiger partial charge in [0.2, 0.25) is 0 Å². The van der Waals surface area contributed by atoms with E-state index in [-0.39, 0.29) is 6.54 Å². The van der Waals surface area contributed by atoms with E-state index < -0.39 is 17.6 Å². The van der Waals surface area contributed by atoms with Crippen molar-refractivity contribution in [2.24, 2.45) is 5.73 Å². The maximum atomic E-state index is 12.8. The molecule has 0 aliphatic carbocycles. The van der Waals surface area contributed by atoms with E-state index in [9.17, 15) is 18.0 Å². The molecule has 0 aromatic rings. The molecule has 0 spiro atoms. The molecule has 1 aliphatic heterocycles. The fourth-order valence-electron chi connectivity index (χ4n) is 2.07. The fraction of sp³-hybridized carbons (Fsp3) is 0.917. The minimum atomic E-state index is -4.74. The van der Waals surface area contributed by atoms with Crippen molar-refractivity contribution in [2.75, 3.05) is 46.4 Å². The second-order valence-electron chi connectivity index (χ2n) is 5.18. The van der Waals surface area contributed by atoms with Gasteiger partial charge < -0.3 is 15.4 Å². The summed E-state index contributed by atoms with van der Waals surface area (Å²) in [4.78, 5) is 15.3. The van der Waals surface area contributed by atoms with E-state index >= 15 is 0 Å². The van der Waals surface area contributed by atoms with Crippen LogP contribution < -0.4 is 5.73 Å². The summed E-state index contributed by atoms with van der Waals surface area (Å²) in [5.41, 5.74) is 2.36. The van der Waals surface area contributed by atoms with E-state index in [0.29, 0.717) is 32.7 Å². The van der Waals surface area contributed by atoms with Gasteiger partial charge in [-0.1, -0.05) is 0 Å². The molecule has 2 N–H and O–H groups in total. The van der Waals surface area contributed by atoms with Crippen molar-refractivity contribution in [3.63, 3.8) is 0 Å². The Morgan fingerprint density at radius 2 is 1.90 bits per heavy atom. The number of hydrogen-bond acceptors (Lipinski definition) is 4. The summed E-state index contributed by atoms with van der Waals surface area (Å²) in [5.74, 6) is -1.06. The van der Waals surface area contributed by atoms with E-state index in [2.05, 4.69) is 4.90 Å². The molecule has 8 heteroatoms. The Hall–Kier alpha value is -0.860. The lowest BCUT2D eigenvalue weighted by Crippen LogP contribution is -2.62. The van der Waals surface area contributed by atoms with Crippen LogP contribution >= 0.6 is 0 Å². The summed E-state index contributed by atoms with van der Waals surface area (Å²) in [6, 6.07) is 0. The number of methoxy groups -OCH3 is 1. The van der Waals surface area contributed by atoms with E-state index in [1.54, 1.807) is 7.11 Å². The summed E-state index contributed by atoms with van der Waals surface area (Å²) in [6.07, 6.45) is -4.12. The van der Waals surface area contributed by atoms with Crippen molar-refractivity contribution in [3.8, 4) is 0 Å². The Balaban J connectivity index is 2.63. The maximum absolute atomic E-state index is 12.8. The van der Waals surface area contributed by atoms with Crippen LogP contribution in [0, 0.1) is 0 Å². The molecule has 5 nitrogen and oxygen atoms in total. The van der Waals surface area contributed by atoms with Gasteiger partial charge in [-0.25, -0.2) is 0 Å². The molecule has 0 radical (unpaired) electrons. The van der Waals surface area contributed by atoms with Gasteiger partial charge in [-0.15, -0.1) is 0 Å². The van der Waals surface area contributed by atoms with Crippen LogP contribution in [0.5, 0.6) is 0 Å². The summed E-state index contributed by atoms with van der Waals surface area (Å²) < 4.78 is 43.3. The van der Waals surface area contributed by atoms with Gasteiger partial charge in [0.05, 0.1) is 6.61 Å². The molecule has 20 heavy (non-hydrogen) atoms. The zero-order chi connectivity index (χ0) is 15.4. The average molecular weight is 297 g/mol. The van der Waals surface area contributed by atoms with Crippen LogP contribution in [-0.2, 0) is 9.53 Å². The molecule has 1 amide bonds. The number of rotatable bonds is 4. The summed E-state index contributed by atoms with van der Waals surface area (Å²) >= 11 is 0. The van der Waals surface area contributed by atoms with E-state index in [1.807, 2.05) is 0 Å². The second-order valence-corrected chi connectivity index (χ2v) is 5.18. The number of alkyl halides is 3. The Kier molecular flexibility index (Phi) is 5.79. The maximum Gasteiger partial charge on any atom is 0.415 e. The van der Waals surface area contributed by atoms with Gasteiger partial charge in [-0.2, -0.15) is 13.2 Å². The molecule has 118 valence electrons. The molecule has 0 aromatic heterocycles. The lowest BCUT2D eigenvalue weighted by atomic mass is 10.0. The van der Waals surface area contributed by atoms with Crippen molar-refractivity contribution in [1.82, 2.24) is 9.80 Å². The molecule has 1 rings (SSSR count). The third kappa shape index (κ3) is 4.07. The first kappa shape index (κ1) is 17.2. The topological polar surface area (TPSA) is 58.8 Å². The average Bonchev–Trinajstić information content (AvgIpc) is 2.59. The van der Waals surface area contributed by atoms with Crippen molar-refractivity contribution in [1.29, 1.82) is 0 Å². The van der Waals surface area contributed by atoms with E-state index in [1.165, 1.54) is 4.90 Å². The van der Waals surface area contributed by atoms with Gasteiger partial charge in [0.15, 0.2) is 5.54 Å². The predicted octanol–water partition coefficient (Wildman–Crippen LogP) is 0.447. The van der Waals surface area contributed by atoms with Gasteiger partial charge in [0.25, 0.3) is 5.91 Å². The van der Waals surface area contributed by atoms with Crippen molar-refractivity contribution in [2.45, 2.75) is 25.1 Å². The lowest BCUT2D eigenvalue weighted by Gasteiger charge is -2.32. The number of nitrogens with zero attached hydrogens (tertiary/aromatic N) is 2. The number of ether oxygens (including phenoxy) is 1. The summed E-state index contributed by atoms with van der Waals surface area (Å²) in [6.45, 7) is 3.81. The number of nitrogens with two attached hydrogens (primary N) is 1. The van der Waals surface area contributed by atoms with Crippen molar-refractivity contribution in [3.05, 3.63) is 0 Å². The van der Waals surface area contributed by atoms with Crippen LogP contribution in [0.1, 0.15) is 13.3 Å². The summed E-state index contributed by atoms with van der Waals surface area (Å²) in [5, 5.41) is 0. The predicted molar refractivity (Wildman–Crippen MR) is 68.2 cm³/mol. The highest BCUT2D eigenvalue weighted by atomic mass is 19.4. The van der Waals surface area contributed by atoms with Gasteiger partial charge in [0, 0.05) is 33.3 Å². The van der Waals surface area contributed by atoms with E-state index in [4.69, 9.17) is 10.5 Å². The van der Waals surface area contributed by atoms with Crippen molar-refractivity contribution < 1.29 is 22.7 Å². The highest BCUT2D eigenvalue weighted by molar-refractivity contribution is 5.86. The third-order valence-electron chi connectivity index (χ3n) is 3.52. The number of carbonyl (C=O) groups excluding carboxylic acids is 1. The van der Waals surface area contributed by atoms with Crippen LogP contribution in [0.4, 0.5) is 13.2 Å². The number of hydrogen-bond donors (Lipinski definition) is 1. The largest absolute Gasteiger partial charge is 0.415 e. The minimum absolute atomic E-state index is 0.255. The molecule has 1 heterocycles. The number of carbonyl (C=O) groups is 1. The Labute approximate surface area is 116 Å². The van der Waals surface area contributed by atoms with Crippen LogP contribution in [0.25, 0.3) is 0 Å². The highest BCUT2D eigenvalue weighted by Gasteiger charge is 2.55. The SMILES string of the molecule is COCCN1CCCN(C(=O)C(C)(N)C(F)(F)F)CC1. The first-order chi connectivity index (χ1) is 9.20. The first-order valence-electron chi connectivity index (χ1n) is 6.56. The van der Waals surface area contributed by atoms with Crippen LogP contribution in [0.3, 0.4) is 0 Å². The van der Waals surface area contributed by atoms with Crippen LogP contribution in [0.15, 0.2) is 0 Å². The molecule has 1 aliphatic rings. The zero-order valence-corrected chi connectivity index (χ0v) is 11.9. The molecule has 1 saturated heterocycles. The Morgan fingerprint density at radius 1 is 1.25 bits per heavy atom. The summed E-state index contributed by atoms with van der Waals surface area (Å²) in [7, 11) is 1.59. The monoisotopic (exact) mass is 297 g/mol. The number of amides is 1. The molecule has 0 aromatic carbocycles. The van der Waals surface area contributed by atoms with Gasteiger partial charge in [-0.3, -0.25) is 9.69 Å². The van der Waals surface area contributed by atoms with Crippen molar-refractivity contribution >= 4 is 5.91 Å². The molecular formula is C12H22F3N3O2. The van der Waals surface area contributed by atoms with Gasteiger partial charge in [-0.05, 0) is 19.9 Å². The Bertz CT molecular complexity index is 334. The highest BCUT2D eigenvalue weighted by Crippen LogP contribution is 2.29. The molecule has 0 saturated carbocycles. The molecule has 0 bridgehead atoms. The van der Waals surface area contributed by atoms with Crippen LogP contribution in [-0.4, -0.2) is 73.9 Å². The van der Waals surface area contributed by atoms with E-state index in [0.717, 1.165) is 13.5 Å². The Morgan fingerprint density at radius 3 is 2.45 bits per heavy atom. The second kappa shape index (κ2) is 6.73. The fourth-order valence-corrected chi connectivity index (χ4v) is 2.07. The number of halogens is 3. The standard InChI is InChI=1S/C12H22F3N3O2/c1-11(16,12(13,14)15)10(19)18-5-3-4-17(6-7-18)8-9-20-2/h3-9,16H2,1-2H3. The normalized spacial score (nSPS) is 21.4. The third-order valence-corrected chi connectivity index (χ3v) is 3.52. The molecule has 1 fully saturated rings. The quantitative estimate of drug-likeness (QED) is 0.818. The zero-order valence-electron chi connectivity index (χ0n) is 11.9. The first-order valence-corrected chi connectivity index (χ1v) is 6.56. The smallest absolute Gasteiger partial charge is 0.383 e. The lowest BCUT2D eigenvalue weighted by molar-refractivity contribution is -0.193. The molecule has 1 atom stereocenters. The molecular weight excluding hydrogens is 275 g/mol. The minimum Gasteiger partial charge on any atom is -0.383 e. The van der Waals surface area contributed by atoms with Crippen LogP contribution in [0.2, 0.25) is 0 Å². The molecule has 1 unspecified atom stereocenters. The van der Waals surface area contributed by atoms with Gasteiger partial charge >= 0.3 is 6.18 Å². The van der Waals surface area contributed by atoms with Gasteiger partial charge in [0.1, 0.15) is 0 Å².